The molecular weight excluding hydrogens is 402 g/mol. The molecule has 1 atom stereocenters. The zero-order chi connectivity index (χ0) is 19.3. The van der Waals surface area contributed by atoms with Crippen LogP contribution >= 0.6 is 15.9 Å². The average molecular weight is 422 g/mol. The highest BCUT2D eigenvalue weighted by Gasteiger charge is 2.21. The van der Waals surface area contributed by atoms with E-state index in [9.17, 15) is 9.59 Å². The van der Waals surface area contributed by atoms with Crippen molar-refractivity contribution in [2.75, 3.05) is 19.5 Å². The lowest BCUT2D eigenvalue weighted by molar-refractivity contribution is -0.123. The van der Waals surface area contributed by atoms with Gasteiger partial charge in [0.2, 0.25) is 0 Å². The lowest BCUT2D eigenvalue weighted by atomic mass is 10.2. The molecule has 0 aliphatic carbocycles. The molecule has 1 unspecified atom stereocenters. The Balaban J connectivity index is 2.06. The van der Waals surface area contributed by atoms with Crippen molar-refractivity contribution < 1.29 is 23.8 Å². The van der Waals surface area contributed by atoms with Crippen LogP contribution in [0, 0.1) is 6.92 Å². The summed E-state index contributed by atoms with van der Waals surface area (Å²) in [4.78, 5) is 24.6. The molecule has 0 aliphatic rings. The maximum Gasteiger partial charge on any atom is 0.338 e. The minimum Gasteiger partial charge on any atom is -0.496 e. The van der Waals surface area contributed by atoms with Crippen LogP contribution < -0.4 is 14.8 Å². The van der Waals surface area contributed by atoms with E-state index >= 15 is 0 Å². The highest BCUT2D eigenvalue weighted by molar-refractivity contribution is 9.10. The van der Waals surface area contributed by atoms with Crippen LogP contribution in [0.1, 0.15) is 22.8 Å². The van der Waals surface area contributed by atoms with Gasteiger partial charge in [-0.05, 0) is 65.7 Å². The van der Waals surface area contributed by atoms with E-state index in [-0.39, 0.29) is 0 Å². The van der Waals surface area contributed by atoms with Crippen molar-refractivity contribution in [1.29, 1.82) is 0 Å². The van der Waals surface area contributed by atoms with E-state index in [0.29, 0.717) is 27.2 Å². The molecule has 0 aromatic heterocycles. The quantitative estimate of drug-likeness (QED) is 0.714. The average Bonchev–Trinajstić information content (AvgIpc) is 2.61. The van der Waals surface area contributed by atoms with Gasteiger partial charge in [-0.1, -0.05) is 6.07 Å². The summed E-state index contributed by atoms with van der Waals surface area (Å²) in [7, 11) is 3.05. The smallest absolute Gasteiger partial charge is 0.338 e. The Morgan fingerprint density at radius 1 is 1.04 bits per heavy atom. The number of nitrogens with one attached hydrogen (secondary N) is 1. The van der Waals surface area contributed by atoms with Crippen LogP contribution in [0.4, 0.5) is 5.69 Å². The summed E-state index contributed by atoms with van der Waals surface area (Å²) in [6.45, 7) is 3.41. The number of benzene rings is 2. The van der Waals surface area contributed by atoms with Crippen molar-refractivity contribution in [2.45, 2.75) is 20.0 Å². The van der Waals surface area contributed by atoms with Gasteiger partial charge in [0.1, 0.15) is 11.5 Å². The zero-order valence-corrected chi connectivity index (χ0v) is 16.5. The van der Waals surface area contributed by atoms with E-state index in [0.717, 1.165) is 5.56 Å². The number of aryl methyl sites for hydroxylation is 1. The summed E-state index contributed by atoms with van der Waals surface area (Å²) in [5.41, 5.74) is 1.80. The van der Waals surface area contributed by atoms with Gasteiger partial charge in [0.25, 0.3) is 5.91 Å². The van der Waals surface area contributed by atoms with Crippen molar-refractivity contribution >= 4 is 33.5 Å². The zero-order valence-electron chi connectivity index (χ0n) is 15.0. The molecule has 1 N–H and O–H groups in total. The van der Waals surface area contributed by atoms with Gasteiger partial charge in [-0.25, -0.2) is 4.79 Å². The van der Waals surface area contributed by atoms with Crippen molar-refractivity contribution in [1.82, 2.24) is 0 Å². The van der Waals surface area contributed by atoms with E-state index in [2.05, 4.69) is 21.2 Å². The van der Waals surface area contributed by atoms with Gasteiger partial charge in [0.15, 0.2) is 6.10 Å². The second-order valence-electron chi connectivity index (χ2n) is 5.59. The fourth-order valence-electron chi connectivity index (χ4n) is 2.23. The SMILES string of the molecule is COc1ccc(C(=O)OC(C)C(=O)Nc2cc(C)ccc2OC)cc1Br. The topological polar surface area (TPSA) is 73.9 Å². The Morgan fingerprint density at radius 2 is 1.69 bits per heavy atom. The molecule has 6 nitrogen and oxygen atoms in total. The van der Waals surface area contributed by atoms with Crippen molar-refractivity contribution in [3.63, 3.8) is 0 Å². The standard InChI is InChI=1S/C19H20BrNO5/c1-11-5-7-17(25-4)15(9-11)21-18(22)12(2)26-19(23)13-6-8-16(24-3)14(20)10-13/h5-10,12H,1-4H3,(H,21,22). The molecule has 2 aromatic rings. The van der Waals surface area contributed by atoms with Crippen LogP contribution in [-0.4, -0.2) is 32.2 Å². The number of carbonyl (C=O) groups excluding carboxylic acids is 2. The van der Waals surface area contributed by atoms with Crippen molar-refractivity contribution in [3.05, 3.63) is 52.0 Å². The Bertz CT molecular complexity index is 822. The minimum atomic E-state index is -0.978. The lowest BCUT2D eigenvalue weighted by Gasteiger charge is -2.16. The van der Waals surface area contributed by atoms with Gasteiger partial charge < -0.3 is 19.5 Å². The first-order valence-corrected chi connectivity index (χ1v) is 8.65. The Kier molecular flexibility index (Phi) is 6.63. The van der Waals surface area contributed by atoms with Crippen molar-refractivity contribution in [3.8, 4) is 11.5 Å². The molecule has 0 heterocycles. The first-order chi connectivity index (χ1) is 12.3. The first-order valence-electron chi connectivity index (χ1n) is 7.85. The number of carbonyl (C=O) groups is 2. The molecule has 0 radical (unpaired) electrons. The van der Waals surface area contributed by atoms with E-state index in [1.165, 1.54) is 21.1 Å². The van der Waals surface area contributed by atoms with Gasteiger partial charge in [-0.15, -0.1) is 0 Å². The number of halogens is 1. The van der Waals surface area contributed by atoms with E-state index in [1.54, 1.807) is 30.3 Å². The molecule has 0 spiro atoms. The van der Waals surface area contributed by atoms with Gasteiger partial charge in [0.05, 0.1) is 29.9 Å². The first kappa shape index (κ1) is 19.8. The van der Waals surface area contributed by atoms with E-state index < -0.39 is 18.0 Å². The molecule has 7 heteroatoms. The number of methoxy groups -OCH3 is 2. The highest BCUT2D eigenvalue weighted by atomic mass is 79.9. The third kappa shape index (κ3) is 4.76. The van der Waals surface area contributed by atoms with Crippen LogP contribution in [0.2, 0.25) is 0 Å². The Labute approximate surface area is 160 Å². The number of esters is 1. The Hall–Kier alpha value is -2.54. The largest absolute Gasteiger partial charge is 0.496 e. The second-order valence-corrected chi connectivity index (χ2v) is 6.44. The lowest BCUT2D eigenvalue weighted by Crippen LogP contribution is -2.30. The van der Waals surface area contributed by atoms with E-state index in [4.69, 9.17) is 14.2 Å². The molecular formula is C19H20BrNO5. The molecule has 0 bridgehead atoms. The molecule has 138 valence electrons. The fraction of sp³-hybridized carbons (Fsp3) is 0.263. The highest BCUT2D eigenvalue weighted by Crippen LogP contribution is 2.27. The molecule has 0 fully saturated rings. The molecule has 2 aromatic carbocycles. The predicted molar refractivity (Wildman–Crippen MR) is 102 cm³/mol. The van der Waals surface area contributed by atoms with E-state index in [1.807, 2.05) is 13.0 Å². The number of hydrogen-bond donors (Lipinski definition) is 1. The molecule has 1 amide bonds. The minimum absolute atomic E-state index is 0.311. The normalized spacial score (nSPS) is 11.4. The fourth-order valence-corrected chi connectivity index (χ4v) is 2.77. The summed E-state index contributed by atoms with van der Waals surface area (Å²) in [6, 6.07) is 10.2. The van der Waals surface area contributed by atoms with Gasteiger partial charge in [0, 0.05) is 0 Å². The maximum absolute atomic E-state index is 12.4. The van der Waals surface area contributed by atoms with Gasteiger partial charge in [-0.2, -0.15) is 0 Å². The van der Waals surface area contributed by atoms with Gasteiger partial charge in [-0.3, -0.25) is 4.79 Å². The number of rotatable bonds is 6. The molecule has 0 saturated carbocycles. The van der Waals surface area contributed by atoms with Crippen LogP contribution in [0.5, 0.6) is 11.5 Å². The number of hydrogen-bond acceptors (Lipinski definition) is 5. The molecule has 2 rings (SSSR count). The van der Waals surface area contributed by atoms with Crippen LogP contribution in [-0.2, 0) is 9.53 Å². The van der Waals surface area contributed by atoms with Crippen LogP contribution in [0.15, 0.2) is 40.9 Å². The van der Waals surface area contributed by atoms with Crippen LogP contribution in [0.25, 0.3) is 0 Å². The predicted octanol–water partition coefficient (Wildman–Crippen LogP) is 3.96. The third-order valence-corrected chi connectivity index (χ3v) is 4.27. The van der Waals surface area contributed by atoms with Crippen molar-refractivity contribution in [2.24, 2.45) is 0 Å². The molecule has 26 heavy (non-hydrogen) atoms. The summed E-state index contributed by atoms with van der Waals surface area (Å²) in [6.07, 6.45) is -0.978. The monoisotopic (exact) mass is 421 g/mol. The summed E-state index contributed by atoms with van der Waals surface area (Å²) in [5.74, 6) is 0.0717. The number of anilines is 1. The summed E-state index contributed by atoms with van der Waals surface area (Å²) >= 11 is 3.31. The number of amides is 1. The third-order valence-electron chi connectivity index (χ3n) is 3.65. The van der Waals surface area contributed by atoms with Crippen LogP contribution in [0.3, 0.4) is 0 Å². The molecule has 0 saturated heterocycles. The maximum atomic E-state index is 12.4. The summed E-state index contributed by atoms with van der Waals surface area (Å²) < 4.78 is 16.2. The number of ether oxygens (including phenoxy) is 3. The Morgan fingerprint density at radius 3 is 2.31 bits per heavy atom. The second kappa shape index (κ2) is 8.71. The molecule has 0 aliphatic heterocycles. The van der Waals surface area contributed by atoms with Gasteiger partial charge >= 0.3 is 5.97 Å². The summed E-state index contributed by atoms with van der Waals surface area (Å²) in [5, 5.41) is 2.72.